The van der Waals surface area contributed by atoms with E-state index in [4.69, 9.17) is 16.7 Å². The van der Waals surface area contributed by atoms with Gasteiger partial charge in [-0.25, -0.2) is 9.59 Å². The van der Waals surface area contributed by atoms with Gasteiger partial charge in [-0.3, -0.25) is 0 Å². The molecule has 4 nitrogen and oxygen atoms in total. The van der Waals surface area contributed by atoms with E-state index < -0.39 is 11.9 Å². The van der Waals surface area contributed by atoms with Crippen molar-refractivity contribution in [2.24, 2.45) is 0 Å². The normalized spacial score (nSPS) is 9.62. The van der Waals surface area contributed by atoms with Crippen molar-refractivity contribution in [1.82, 2.24) is 0 Å². The van der Waals surface area contributed by atoms with Crippen LogP contribution in [0.3, 0.4) is 0 Å². The third kappa shape index (κ3) is 2.41. The fraction of sp³-hybridized carbons (Fsp3) is 0.0909. The van der Waals surface area contributed by atoms with E-state index >= 15 is 0 Å². The average molecular weight is 241 g/mol. The second kappa shape index (κ2) is 4.81. The van der Waals surface area contributed by atoms with Crippen LogP contribution in [0, 0.1) is 0 Å². The van der Waals surface area contributed by atoms with E-state index in [1.807, 2.05) is 0 Å². The van der Waals surface area contributed by atoms with Crippen molar-refractivity contribution >= 4 is 29.1 Å². The number of hydrogen-bond acceptors (Lipinski definition) is 3. The molecule has 0 fully saturated rings. The van der Waals surface area contributed by atoms with Crippen molar-refractivity contribution in [1.29, 1.82) is 0 Å². The Kier molecular flexibility index (Phi) is 3.68. The molecule has 0 bridgehead atoms. The van der Waals surface area contributed by atoms with Crippen LogP contribution in [0.1, 0.15) is 15.9 Å². The standard InChI is InChI=1S/C11H9ClO4/c1-6(10(13)14)7-3-4-8(9(12)5-7)11(15)16-2/h3-5H,1H2,2H3,(H,13,14). The van der Waals surface area contributed by atoms with Crippen LogP contribution < -0.4 is 0 Å². The summed E-state index contributed by atoms with van der Waals surface area (Å²) < 4.78 is 4.50. The van der Waals surface area contributed by atoms with Crippen molar-refractivity contribution in [2.45, 2.75) is 0 Å². The quantitative estimate of drug-likeness (QED) is 0.650. The van der Waals surface area contributed by atoms with E-state index in [-0.39, 0.29) is 16.2 Å². The van der Waals surface area contributed by atoms with Gasteiger partial charge in [0.2, 0.25) is 0 Å². The van der Waals surface area contributed by atoms with Gasteiger partial charge < -0.3 is 9.84 Å². The number of hydrogen-bond donors (Lipinski definition) is 1. The summed E-state index contributed by atoms with van der Waals surface area (Å²) in [5.74, 6) is -1.71. The first kappa shape index (κ1) is 12.3. The number of halogens is 1. The monoisotopic (exact) mass is 240 g/mol. The lowest BCUT2D eigenvalue weighted by Crippen LogP contribution is -2.03. The minimum Gasteiger partial charge on any atom is -0.478 e. The molecule has 0 aliphatic heterocycles. The summed E-state index contributed by atoms with van der Waals surface area (Å²) in [7, 11) is 1.24. The molecule has 0 aliphatic rings. The highest BCUT2D eigenvalue weighted by Gasteiger charge is 2.13. The van der Waals surface area contributed by atoms with Crippen LogP contribution in [0.5, 0.6) is 0 Å². The third-order valence-electron chi connectivity index (χ3n) is 1.98. The van der Waals surface area contributed by atoms with Crippen molar-refractivity contribution < 1.29 is 19.4 Å². The molecule has 0 unspecified atom stereocenters. The summed E-state index contributed by atoms with van der Waals surface area (Å²) in [6.07, 6.45) is 0. The third-order valence-corrected chi connectivity index (χ3v) is 2.29. The number of rotatable bonds is 3. The van der Waals surface area contributed by atoms with Gasteiger partial charge in [0.15, 0.2) is 0 Å². The minimum atomic E-state index is -1.14. The molecule has 0 saturated carbocycles. The first-order chi connectivity index (χ1) is 7.47. The smallest absolute Gasteiger partial charge is 0.339 e. The maximum absolute atomic E-state index is 11.2. The van der Waals surface area contributed by atoms with Crippen molar-refractivity contribution in [3.05, 3.63) is 40.9 Å². The number of carboxylic acid groups (broad SMARTS) is 1. The first-order valence-corrected chi connectivity index (χ1v) is 4.65. The lowest BCUT2D eigenvalue weighted by Gasteiger charge is -2.05. The van der Waals surface area contributed by atoms with Gasteiger partial charge in [-0.05, 0) is 17.7 Å². The van der Waals surface area contributed by atoms with Gasteiger partial charge in [-0.1, -0.05) is 24.2 Å². The summed E-state index contributed by atoms with van der Waals surface area (Å²) >= 11 is 5.82. The summed E-state index contributed by atoms with van der Waals surface area (Å²) in [5, 5.41) is 8.85. The zero-order chi connectivity index (χ0) is 12.3. The van der Waals surface area contributed by atoms with Gasteiger partial charge in [-0.2, -0.15) is 0 Å². The van der Waals surface area contributed by atoms with Gasteiger partial charge in [-0.15, -0.1) is 0 Å². The van der Waals surface area contributed by atoms with E-state index in [1.54, 1.807) is 0 Å². The highest BCUT2D eigenvalue weighted by molar-refractivity contribution is 6.34. The molecule has 0 saturated heterocycles. The van der Waals surface area contributed by atoms with Crippen LogP contribution in [-0.2, 0) is 9.53 Å². The Morgan fingerprint density at radius 1 is 1.44 bits per heavy atom. The van der Waals surface area contributed by atoms with Crippen molar-refractivity contribution in [2.75, 3.05) is 7.11 Å². The number of carboxylic acids is 1. The number of carbonyl (C=O) groups excluding carboxylic acids is 1. The van der Waals surface area contributed by atoms with E-state index in [2.05, 4.69) is 11.3 Å². The second-order valence-corrected chi connectivity index (χ2v) is 3.38. The fourth-order valence-corrected chi connectivity index (χ4v) is 1.36. The molecule has 0 heterocycles. The molecule has 1 aromatic carbocycles. The second-order valence-electron chi connectivity index (χ2n) is 2.97. The Morgan fingerprint density at radius 3 is 2.50 bits per heavy atom. The molecule has 1 N–H and O–H groups in total. The molecule has 0 spiro atoms. The predicted octanol–water partition coefficient (Wildman–Crippen LogP) is 2.22. The molecular weight excluding hydrogens is 232 g/mol. The van der Waals surface area contributed by atoms with Crippen molar-refractivity contribution in [3.63, 3.8) is 0 Å². The molecule has 5 heteroatoms. The number of ether oxygens (including phenoxy) is 1. The number of aliphatic carboxylic acids is 1. The van der Waals surface area contributed by atoms with Gasteiger partial charge in [0, 0.05) is 0 Å². The highest BCUT2D eigenvalue weighted by atomic mass is 35.5. The fourth-order valence-electron chi connectivity index (χ4n) is 1.10. The van der Waals surface area contributed by atoms with Crippen LogP contribution >= 0.6 is 11.6 Å². The van der Waals surface area contributed by atoms with Gasteiger partial charge >= 0.3 is 11.9 Å². The van der Waals surface area contributed by atoms with E-state index in [9.17, 15) is 9.59 Å². The molecule has 0 amide bonds. The van der Waals surface area contributed by atoms with Crippen LogP contribution in [0.25, 0.3) is 5.57 Å². The molecule has 1 aromatic rings. The van der Waals surface area contributed by atoms with Gasteiger partial charge in [0.05, 0.1) is 23.3 Å². The van der Waals surface area contributed by atoms with E-state index in [0.717, 1.165) is 0 Å². The molecule has 0 aromatic heterocycles. The Balaban J connectivity index is 3.14. The number of benzene rings is 1. The zero-order valence-electron chi connectivity index (χ0n) is 8.49. The molecule has 16 heavy (non-hydrogen) atoms. The van der Waals surface area contributed by atoms with Crippen LogP contribution in [0.15, 0.2) is 24.8 Å². The summed E-state index contributed by atoms with van der Waals surface area (Å²) in [6.45, 7) is 3.39. The van der Waals surface area contributed by atoms with E-state index in [1.165, 1.54) is 25.3 Å². The largest absolute Gasteiger partial charge is 0.478 e. The Labute approximate surface area is 97.1 Å². The van der Waals surface area contributed by atoms with Gasteiger partial charge in [0.25, 0.3) is 0 Å². The summed E-state index contributed by atoms with van der Waals surface area (Å²) in [5.41, 5.74) is 0.453. The SMILES string of the molecule is C=C(C(=O)O)c1ccc(C(=O)OC)c(Cl)c1. The lowest BCUT2D eigenvalue weighted by molar-refractivity contribution is -0.130. The molecular formula is C11H9ClO4. The lowest BCUT2D eigenvalue weighted by atomic mass is 10.1. The van der Waals surface area contributed by atoms with E-state index in [0.29, 0.717) is 5.56 Å². The molecule has 1 rings (SSSR count). The topological polar surface area (TPSA) is 63.6 Å². The maximum Gasteiger partial charge on any atom is 0.339 e. The Morgan fingerprint density at radius 2 is 2.06 bits per heavy atom. The zero-order valence-corrected chi connectivity index (χ0v) is 9.25. The predicted molar refractivity (Wildman–Crippen MR) is 59.5 cm³/mol. The molecule has 0 radical (unpaired) electrons. The van der Waals surface area contributed by atoms with Crippen LogP contribution in [0.4, 0.5) is 0 Å². The number of methoxy groups -OCH3 is 1. The first-order valence-electron chi connectivity index (χ1n) is 4.27. The van der Waals surface area contributed by atoms with Crippen LogP contribution in [0.2, 0.25) is 5.02 Å². The summed E-state index contributed by atoms with van der Waals surface area (Å²) in [6, 6.07) is 4.22. The average Bonchev–Trinajstić information content (AvgIpc) is 2.26. The molecule has 0 aliphatic carbocycles. The summed E-state index contributed by atoms with van der Waals surface area (Å²) in [4.78, 5) is 21.9. The minimum absolute atomic E-state index is 0.0849. The Hall–Kier alpha value is -1.81. The molecule has 0 atom stereocenters. The number of carbonyl (C=O) groups is 2. The maximum atomic E-state index is 11.2. The number of esters is 1. The highest BCUT2D eigenvalue weighted by Crippen LogP contribution is 2.22. The van der Waals surface area contributed by atoms with Gasteiger partial charge in [0.1, 0.15) is 0 Å². The van der Waals surface area contributed by atoms with Crippen molar-refractivity contribution in [3.8, 4) is 0 Å². The molecule has 84 valence electrons. The Bertz CT molecular complexity index is 465. The van der Waals surface area contributed by atoms with Crippen LogP contribution in [-0.4, -0.2) is 24.2 Å².